The summed E-state index contributed by atoms with van der Waals surface area (Å²) in [5.74, 6) is 0. The molecule has 1 aromatic carbocycles. The van der Waals surface area contributed by atoms with Crippen LogP contribution in [0.2, 0.25) is 0 Å². The van der Waals surface area contributed by atoms with Crippen molar-refractivity contribution in [3.63, 3.8) is 0 Å². The molecular weight excluding hydrogens is 248 g/mol. The Morgan fingerprint density at radius 2 is 1.90 bits per heavy atom. The van der Waals surface area contributed by atoms with Crippen LogP contribution >= 0.6 is 0 Å². The minimum absolute atomic E-state index is 0.0109. The number of hydrogen-bond donors (Lipinski definition) is 1. The van der Waals surface area contributed by atoms with Crippen LogP contribution in [0, 0.1) is 0 Å². The topological polar surface area (TPSA) is 32.3 Å². The van der Waals surface area contributed by atoms with E-state index in [9.17, 15) is 4.79 Å². The molecule has 1 aliphatic rings. The summed E-state index contributed by atoms with van der Waals surface area (Å²) in [5, 5.41) is 2.95. The number of urea groups is 1. The smallest absolute Gasteiger partial charge is 0.318 e. The fraction of sp³-hybridized carbons (Fsp3) is 0.471. The van der Waals surface area contributed by atoms with Crippen molar-refractivity contribution in [2.75, 3.05) is 0 Å². The Balaban J connectivity index is 1.97. The second-order valence-corrected chi connectivity index (χ2v) is 5.67. The molecule has 0 aromatic heterocycles. The molecule has 0 unspecified atom stereocenters. The van der Waals surface area contributed by atoms with Crippen LogP contribution < -0.4 is 5.32 Å². The molecule has 0 radical (unpaired) electrons. The van der Waals surface area contributed by atoms with E-state index in [2.05, 4.69) is 17.4 Å². The lowest BCUT2D eigenvalue weighted by molar-refractivity contribution is 0.183. The zero-order chi connectivity index (χ0) is 14.4. The van der Waals surface area contributed by atoms with E-state index in [4.69, 9.17) is 0 Å². The Morgan fingerprint density at radius 3 is 2.50 bits per heavy atom. The van der Waals surface area contributed by atoms with Crippen LogP contribution in [0.4, 0.5) is 4.79 Å². The summed E-state index contributed by atoms with van der Waals surface area (Å²) in [7, 11) is 0. The highest BCUT2D eigenvalue weighted by Gasteiger charge is 2.16. The van der Waals surface area contributed by atoms with E-state index in [0.717, 1.165) is 18.4 Å². The van der Waals surface area contributed by atoms with Gasteiger partial charge in [-0.05, 0) is 45.1 Å². The van der Waals surface area contributed by atoms with E-state index in [1.54, 1.807) is 0 Å². The van der Waals surface area contributed by atoms with E-state index in [0.29, 0.717) is 6.54 Å². The van der Waals surface area contributed by atoms with Gasteiger partial charge in [0.2, 0.25) is 0 Å². The molecule has 2 rings (SSSR count). The van der Waals surface area contributed by atoms with Crippen LogP contribution in [-0.2, 0) is 6.54 Å². The Kier molecular flexibility index (Phi) is 5.22. The number of carbonyl (C=O) groups excluding carboxylic acids is 1. The van der Waals surface area contributed by atoms with E-state index < -0.39 is 0 Å². The number of allylic oxidation sites excluding steroid dienone is 1. The molecule has 0 saturated heterocycles. The zero-order valence-corrected chi connectivity index (χ0v) is 12.4. The van der Waals surface area contributed by atoms with Crippen LogP contribution in [0.3, 0.4) is 0 Å². The number of nitrogens with one attached hydrogen (secondary N) is 1. The van der Waals surface area contributed by atoms with E-state index >= 15 is 0 Å². The molecule has 0 atom stereocenters. The number of carbonyl (C=O) groups is 1. The van der Waals surface area contributed by atoms with Gasteiger partial charge in [-0.1, -0.05) is 35.9 Å². The van der Waals surface area contributed by atoms with Crippen LogP contribution in [0.25, 0.3) is 0 Å². The largest absolute Gasteiger partial charge is 0.321 e. The molecule has 1 saturated carbocycles. The second-order valence-electron chi connectivity index (χ2n) is 5.67. The molecule has 1 aliphatic carbocycles. The molecule has 0 spiro atoms. The highest BCUT2D eigenvalue weighted by Crippen LogP contribution is 2.22. The Labute approximate surface area is 121 Å². The molecule has 108 valence electrons. The molecule has 3 heteroatoms. The zero-order valence-electron chi connectivity index (χ0n) is 12.4. The molecule has 0 bridgehead atoms. The third kappa shape index (κ3) is 4.12. The molecule has 1 fully saturated rings. The van der Waals surface area contributed by atoms with Crippen molar-refractivity contribution in [1.29, 1.82) is 0 Å². The van der Waals surface area contributed by atoms with Gasteiger partial charge in [0.15, 0.2) is 0 Å². The maximum Gasteiger partial charge on any atom is 0.321 e. The number of hydrogen-bond acceptors (Lipinski definition) is 1. The lowest BCUT2D eigenvalue weighted by Crippen LogP contribution is -2.41. The molecule has 20 heavy (non-hydrogen) atoms. The summed E-state index contributed by atoms with van der Waals surface area (Å²) in [6.07, 6.45) is 6.66. The first-order valence-corrected chi connectivity index (χ1v) is 7.46. The lowest BCUT2D eigenvalue weighted by atomic mass is 10.2. The minimum atomic E-state index is -0.0109. The van der Waals surface area contributed by atoms with Crippen molar-refractivity contribution in [3.8, 4) is 0 Å². The maximum atomic E-state index is 12.3. The predicted molar refractivity (Wildman–Crippen MR) is 82.2 cm³/mol. The quantitative estimate of drug-likeness (QED) is 0.880. The second kappa shape index (κ2) is 7.13. The molecule has 0 heterocycles. The standard InChI is InChI=1S/C17H24N2O/c1-14(2)19(13-16-10-4-3-5-11-16)17(20)18-12-15-8-6-7-9-15/h3-5,10-12,14H,6-9,13H2,1-2H3,(H,18,20). The van der Waals surface area contributed by atoms with Crippen molar-refractivity contribution >= 4 is 6.03 Å². The van der Waals surface area contributed by atoms with Gasteiger partial charge in [0, 0.05) is 18.8 Å². The highest BCUT2D eigenvalue weighted by atomic mass is 16.2. The summed E-state index contributed by atoms with van der Waals surface area (Å²) >= 11 is 0. The number of benzene rings is 1. The fourth-order valence-corrected chi connectivity index (χ4v) is 2.49. The van der Waals surface area contributed by atoms with Crippen LogP contribution in [0.5, 0.6) is 0 Å². The van der Waals surface area contributed by atoms with Gasteiger partial charge in [-0.3, -0.25) is 0 Å². The number of amides is 2. The average Bonchev–Trinajstić information content (AvgIpc) is 2.96. The van der Waals surface area contributed by atoms with Gasteiger partial charge in [0.1, 0.15) is 0 Å². The van der Waals surface area contributed by atoms with E-state index in [1.807, 2.05) is 43.1 Å². The third-order valence-electron chi connectivity index (χ3n) is 3.73. The van der Waals surface area contributed by atoms with Crippen molar-refractivity contribution in [2.45, 2.75) is 52.1 Å². The normalized spacial score (nSPS) is 14.4. The third-order valence-corrected chi connectivity index (χ3v) is 3.73. The van der Waals surface area contributed by atoms with Gasteiger partial charge >= 0.3 is 6.03 Å². The molecular formula is C17H24N2O. The summed E-state index contributed by atoms with van der Waals surface area (Å²) in [6.45, 7) is 4.74. The molecule has 1 N–H and O–H groups in total. The summed E-state index contributed by atoms with van der Waals surface area (Å²) in [6, 6.07) is 10.3. The van der Waals surface area contributed by atoms with Gasteiger partial charge in [-0.15, -0.1) is 0 Å². The SMILES string of the molecule is CC(C)N(Cc1ccccc1)C(=O)NC=C1CCCC1. The predicted octanol–water partition coefficient (Wildman–Crippen LogP) is 4.06. The summed E-state index contributed by atoms with van der Waals surface area (Å²) < 4.78 is 0. The fourth-order valence-electron chi connectivity index (χ4n) is 2.49. The monoisotopic (exact) mass is 272 g/mol. The minimum Gasteiger partial charge on any atom is -0.318 e. The maximum absolute atomic E-state index is 12.3. The van der Waals surface area contributed by atoms with Gasteiger partial charge in [-0.2, -0.15) is 0 Å². The number of nitrogens with zero attached hydrogens (tertiary/aromatic N) is 1. The van der Waals surface area contributed by atoms with Crippen molar-refractivity contribution in [1.82, 2.24) is 10.2 Å². The Morgan fingerprint density at radius 1 is 1.25 bits per heavy atom. The first-order valence-electron chi connectivity index (χ1n) is 7.46. The first kappa shape index (κ1) is 14.6. The molecule has 3 nitrogen and oxygen atoms in total. The van der Waals surface area contributed by atoms with Gasteiger partial charge < -0.3 is 10.2 Å². The van der Waals surface area contributed by atoms with Gasteiger partial charge in [-0.25, -0.2) is 4.79 Å². The Hall–Kier alpha value is -1.77. The van der Waals surface area contributed by atoms with Crippen molar-refractivity contribution in [3.05, 3.63) is 47.7 Å². The van der Waals surface area contributed by atoms with E-state index in [1.165, 1.54) is 18.4 Å². The highest BCUT2D eigenvalue weighted by molar-refractivity contribution is 5.75. The molecule has 2 amide bonds. The molecule has 0 aliphatic heterocycles. The summed E-state index contributed by atoms with van der Waals surface area (Å²) in [5.41, 5.74) is 2.52. The van der Waals surface area contributed by atoms with E-state index in [-0.39, 0.29) is 12.1 Å². The van der Waals surface area contributed by atoms with Gasteiger partial charge in [0.25, 0.3) is 0 Å². The van der Waals surface area contributed by atoms with Crippen molar-refractivity contribution in [2.24, 2.45) is 0 Å². The van der Waals surface area contributed by atoms with Gasteiger partial charge in [0.05, 0.1) is 0 Å². The average molecular weight is 272 g/mol. The van der Waals surface area contributed by atoms with Crippen molar-refractivity contribution < 1.29 is 4.79 Å². The number of rotatable bonds is 4. The Bertz CT molecular complexity index is 457. The van der Waals surface area contributed by atoms with Crippen LogP contribution in [-0.4, -0.2) is 17.0 Å². The molecule has 1 aromatic rings. The lowest BCUT2D eigenvalue weighted by Gasteiger charge is -2.26. The summed E-state index contributed by atoms with van der Waals surface area (Å²) in [4.78, 5) is 14.2. The van der Waals surface area contributed by atoms with Crippen LogP contribution in [0.15, 0.2) is 42.1 Å². The first-order chi connectivity index (χ1) is 9.66. The van der Waals surface area contributed by atoms with Crippen LogP contribution in [0.1, 0.15) is 45.1 Å².